The number of methoxy groups -OCH3 is 1. The molecule has 5 nitrogen and oxygen atoms in total. The second-order valence-corrected chi connectivity index (χ2v) is 8.12. The van der Waals surface area contributed by atoms with Crippen molar-refractivity contribution >= 4 is 44.0 Å². The maximum Gasteiger partial charge on any atom is 0.225 e. The van der Waals surface area contributed by atoms with Crippen molar-refractivity contribution in [1.82, 2.24) is 9.38 Å². The third kappa shape index (κ3) is 4.18. The lowest BCUT2D eigenvalue weighted by molar-refractivity contribution is -0.116. The molecule has 0 spiro atoms. The zero-order chi connectivity index (χ0) is 20.4. The second-order valence-electron chi connectivity index (χ2n) is 6.39. The number of ether oxygens (including phenoxy) is 1. The lowest BCUT2D eigenvalue weighted by atomic mass is 10.1. The van der Waals surface area contributed by atoms with E-state index in [-0.39, 0.29) is 11.7 Å². The molecule has 1 N–H and O–H groups in total. The summed E-state index contributed by atoms with van der Waals surface area (Å²) in [6.45, 7) is 0. The van der Waals surface area contributed by atoms with Crippen molar-refractivity contribution in [3.05, 3.63) is 69.9 Å². The van der Waals surface area contributed by atoms with Gasteiger partial charge < -0.3 is 10.1 Å². The van der Waals surface area contributed by atoms with Gasteiger partial charge in [-0.1, -0.05) is 6.07 Å². The molecule has 4 rings (SSSR count). The molecule has 0 atom stereocenters. The van der Waals surface area contributed by atoms with Gasteiger partial charge in [0.25, 0.3) is 0 Å². The molecule has 2 aromatic heterocycles. The Balaban J connectivity index is 1.53. The van der Waals surface area contributed by atoms with Gasteiger partial charge in [0.15, 0.2) is 4.96 Å². The number of nitrogens with zero attached hydrogens (tertiary/aromatic N) is 2. The highest BCUT2D eigenvalue weighted by molar-refractivity contribution is 9.10. The Kier molecular flexibility index (Phi) is 5.64. The van der Waals surface area contributed by atoms with E-state index in [1.165, 1.54) is 23.5 Å². The highest BCUT2D eigenvalue weighted by Gasteiger charge is 2.17. The zero-order valence-electron chi connectivity index (χ0n) is 15.5. The predicted octanol–water partition coefficient (Wildman–Crippen LogP) is 5.54. The number of amides is 1. The molecule has 29 heavy (non-hydrogen) atoms. The molecule has 1 amide bonds. The van der Waals surface area contributed by atoms with Crippen LogP contribution in [0.15, 0.2) is 58.5 Å². The van der Waals surface area contributed by atoms with Crippen molar-refractivity contribution in [2.75, 3.05) is 12.4 Å². The highest BCUT2D eigenvalue weighted by Crippen LogP contribution is 2.31. The first-order valence-electron chi connectivity index (χ1n) is 8.89. The molecular weight excluding hydrogens is 457 g/mol. The Morgan fingerprint density at radius 2 is 2.07 bits per heavy atom. The first kappa shape index (κ1) is 19.6. The molecule has 4 aromatic rings. The summed E-state index contributed by atoms with van der Waals surface area (Å²) in [7, 11) is 1.61. The molecule has 2 heterocycles. The fourth-order valence-electron chi connectivity index (χ4n) is 3.03. The topological polar surface area (TPSA) is 55.6 Å². The lowest BCUT2D eigenvalue weighted by Crippen LogP contribution is -2.14. The second kappa shape index (κ2) is 8.34. The van der Waals surface area contributed by atoms with E-state index in [1.807, 2.05) is 34.2 Å². The minimum Gasteiger partial charge on any atom is -0.496 e. The first-order chi connectivity index (χ1) is 14.0. The van der Waals surface area contributed by atoms with Gasteiger partial charge in [-0.2, -0.15) is 0 Å². The summed E-state index contributed by atoms with van der Waals surface area (Å²) in [4.78, 5) is 18.0. The van der Waals surface area contributed by atoms with Gasteiger partial charge in [0.2, 0.25) is 5.91 Å². The van der Waals surface area contributed by atoms with Crippen LogP contribution in [0.5, 0.6) is 5.75 Å². The van der Waals surface area contributed by atoms with Crippen molar-refractivity contribution in [3.63, 3.8) is 0 Å². The smallest absolute Gasteiger partial charge is 0.225 e. The minimum absolute atomic E-state index is 0.117. The van der Waals surface area contributed by atoms with Crippen molar-refractivity contribution < 1.29 is 13.9 Å². The summed E-state index contributed by atoms with van der Waals surface area (Å²) >= 11 is 4.94. The van der Waals surface area contributed by atoms with Crippen LogP contribution in [0.25, 0.3) is 16.2 Å². The Labute approximate surface area is 179 Å². The Hall–Kier alpha value is -2.71. The predicted molar refractivity (Wildman–Crippen MR) is 116 cm³/mol. The number of carbonyl (C=O) groups is 1. The van der Waals surface area contributed by atoms with Crippen molar-refractivity contribution in [1.29, 1.82) is 0 Å². The summed E-state index contributed by atoms with van der Waals surface area (Å²) in [5.74, 6) is 0.911. The monoisotopic (exact) mass is 473 g/mol. The van der Waals surface area contributed by atoms with Crippen LogP contribution in [0.2, 0.25) is 0 Å². The zero-order valence-corrected chi connectivity index (χ0v) is 17.9. The third-order valence-electron chi connectivity index (χ3n) is 4.49. The van der Waals surface area contributed by atoms with E-state index in [0.29, 0.717) is 24.4 Å². The van der Waals surface area contributed by atoms with Gasteiger partial charge >= 0.3 is 0 Å². The number of hydrogen-bond acceptors (Lipinski definition) is 4. The number of anilines is 1. The van der Waals surface area contributed by atoms with Gasteiger partial charge in [-0.25, -0.2) is 9.37 Å². The number of imidazole rings is 1. The number of halogens is 2. The van der Waals surface area contributed by atoms with Crippen LogP contribution in [-0.2, 0) is 11.2 Å². The van der Waals surface area contributed by atoms with Gasteiger partial charge in [0.05, 0.1) is 11.6 Å². The fourth-order valence-corrected chi connectivity index (χ4v) is 4.33. The van der Waals surface area contributed by atoms with Gasteiger partial charge in [-0.15, -0.1) is 11.3 Å². The van der Waals surface area contributed by atoms with E-state index in [9.17, 15) is 9.18 Å². The number of fused-ring (bicyclic) bond motifs is 1. The summed E-state index contributed by atoms with van der Waals surface area (Å²) in [5, 5.41) is 4.88. The van der Waals surface area contributed by atoms with Crippen LogP contribution in [0, 0.1) is 5.82 Å². The quantitative estimate of drug-likeness (QED) is 0.399. The molecule has 0 bridgehead atoms. The molecule has 0 aliphatic carbocycles. The van der Waals surface area contributed by atoms with E-state index < -0.39 is 0 Å². The molecule has 0 aliphatic heterocycles. The summed E-state index contributed by atoms with van der Waals surface area (Å²) in [5.41, 5.74) is 2.40. The summed E-state index contributed by atoms with van der Waals surface area (Å²) < 4.78 is 21.2. The SMILES string of the molecule is COc1ccc(CCC(=O)Nc2c(-c3ccc(F)cc3)nc3sccn23)cc1Br. The Morgan fingerprint density at radius 1 is 1.28 bits per heavy atom. The van der Waals surface area contributed by atoms with Gasteiger partial charge in [0.1, 0.15) is 23.1 Å². The molecule has 0 saturated heterocycles. The molecule has 0 aliphatic rings. The van der Waals surface area contributed by atoms with Gasteiger partial charge in [-0.05, 0) is 64.3 Å². The van der Waals surface area contributed by atoms with Crippen LogP contribution in [0.1, 0.15) is 12.0 Å². The molecule has 148 valence electrons. The number of thiazole rings is 1. The standard InChI is InChI=1S/C21H17BrFN3O2S/c1-28-17-8-2-13(12-16(17)22)3-9-18(27)24-20-19(14-4-6-15(23)7-5-14)25-21-26(20)10-11-29-21/h2,4-8,10-12H,3,9H2,1H3,(H,24,27). The van der Waals surface area contributed by atoms with Gasteiger partial charge in [-0.3, -0.25) is 9.20 Å². The van der Waals surface area contributed by atoms with E-state index in [1.54, 1.807) is 19.2 Å². The molecule has 0 unspecified atom stereocenters. The summed E-state index contributed by atoms with van der Waals surface area (Å²) in [6.07, 6.45) is 2.76. The highest BCUT2D eigenvalue weighted by atomic mass is 79.9. The average molecular weight is 474 g/mol. The number of hydrogen-bond donors (Lipinski definition) is 1. The van der Waals surface area contributed by atoms with Crippen molar-refractivity contribution in [2.24, 2.45) is 0 Å². The van der Waals surface area contributed by atoms with Crippen LogP contribution >= 0.6 is 27.3 Å². The van der Waals surface area contributed by atoms with Crippen LogP contribution < -0.4 is 10.1 Å². The average Bonchev–Trinajstić information content (AvgIpc) is 3.30. The molecular formula is C21H17BrFN3O2S. The van der Waals surface area contributed by atoms with E-state index in [0.717, 1.165) is 26.3 Å². The Bertz CT molecular complexity index is 1170. The normalized spacial score (nSPS) is 11.0. The molecule has 0 radical (unpaired) electrons. The van der Waals surface area contributed by atoms with Crippen LogP contribution in [0.4, 0.5) is 10.2 Å². The minimum atomic E-state index is -0.314. The summed E-state index contributed by atoms with van der Waals surface area (Å²) in [6, 6.07) is 11.9. The van der Waals surface area contributed by atoms with Crippen LogP contribution in [0.3, 0.4) is 0 Å². The van der Waals surface area contributed by atoms with E-state index in [4.69, 9.17) is 4.74 Å². The van der Waals surface area contributed by atoms with E-state index in [2.05, 4.69) is 26.2 Å². The van der Waals surface area contributed by atoms with Crippen molar-refractivity contribution in [3.8, 4) is 17.0 Å². The molecule has 8 heteroatoms. The van der Waals surface area contributed by atoms with Gasteiger partial charge in [0, 0.05) is 23.6 Å². The Morgan fingerprint density at radius 3 is 2.79 bits per heavy atom. The molecule has 2 aromatic carbocycles. The van der Waals surface area contributed by atoms with Crippen LogP contribution in [-0.4, -0.2) is 22.4 Å². The number of rotatable bonds is 6. The molecule has 0 fully saturated rings. The third-order valence-corrected chi connectivity index (χ3v) is 5.87. The number of aromatic nitrogens is 2. The number of benzene rings is 2. The fraction of sp³-hybridized carbons (Fsp3) is 0.143. The maximum atomic E-state index is 13.3. The number of carbonyl (C=O) groups excluding carboxylic acids is 1. The number of nitrogens with one attached hydrogen (secondary N) is 1. The molecule has 0 saturated carbocycles. The maximum absolute atomic E-state index is 13.3. The lowest BCUT2D eigenvalue weighted by Gasteiger charge is -2.09. The largest absolute Gasteiger partial charge is 0.496 e. The van der Waals surface area contributed by atoms with E-state index >= 15 is 0 Å². The number of aryl methyl sites for hydroxylation is 1. The first-order valence-corrected chi connectivity index (χ1v) is 10.6. The van der Waals surface area contributed by atoms with Crippen molar-refractivity contribution in [2.45, 2.75) is 12.8 Å².